The van der Waals surface area contributed by atoms with E-state index in [0.29, 0.717) is 15.7 Å². The number of halogens is 2. The number of anilines is 1. The molecule has 0 radical (unpaired) electrons. The molecule has 0 fully saturated rings. The number of aliphatic hydroxyl groups is 1. The van der Waals surface area contributed by atoms with Crippen molar-refractivity contribution in [2.75, 3.05) is 5.32 Å². The Bertz CT molecular complexity index is 410. The summed E-state index contributed by atoms with van der Waals surface area (Å²) in [5, 5.41) is 12.9. The van der Waals surface area contributed by atoms with E-state index in [1.807, 2.05) is 0 Å². The van der Waals surface area contributed by atoms with Crippen LogP contribution < -0.4 is 5.32 Å². The molecule has 3 nitrogen and oxygen atoms in total. The Kier molecular flexibility index (Phi) is 3.97. The molecule has 0 spiro atoms. The molecule has 0 bridgehead atoms. The number of carbonyl (C=O) groups excluding carboxylic acids is 1. The zero-order valence-electron chi connectivity index (χ0n) is 8.63. The van der Waals surface area contributed by atoms with Gasteiger partial charge >= 0.3 is 0 Å². The largest absolute Gasteiger partial charge is 0.376 e. The standard InChI is InChI=1S/C11H11Cl2NO2/c1-3-11(2,16)10(15)14-9-5-7(12)4-8(13)6-9/h3-6,16H,1H2,2H3,(H,14,15)/t11-/m0/s1. The van der Waals surface area contributed by atoms with Gasteiger partial charge in [0.2, 0.25) is 0 Å². The number of hydrogen-bond acceptors (Lipinski definition) is 2. The van der Waals surface area contributed by atoms with E-state index in [1.54, 1.807) is 6.07 Å². The summed E-state index contributed by atoms with van der Waals surface area (Å²) in [4.78, 5) is 11.6. The summed E-state index contributed by atoms with van der Waals surface area (Å²) in [7, 11) is 0. The van der Waals surface area contributed by atoms with Gasteiger partial charge < -0.3 is 10.4 Å². The van der Waals surface area contributed by atoms with Gasteiger partial charge in [-0.3, -0.25) is 4.79 Å². The average molecular weight is 260 g/mol. The summed E-state index contributed by atoms with van der Waals surface area (Å²) in [5.74, 6) is -0.596. The van der Waals surface area contributed by atoms with Gasteiger partial charge in [-0.05, 0) is 25.1 Å². The summed E-state index contributed by atoms with van der Waals surface area (Å²) in [6, 6.07) is 4.61. The lowest BCUT2D eigenvalue weighted by molar-refractivity contribution is -0.128. The Hall–Kier alpha value is -1.03. The second-order valence-electron chi connectivity index (χ2n) is 3.46. The molecule has 1 aromatic rings. The normalized spacial score (nSPS) is 14.0. The molecule has 1 aromatic carbocycles. The van der Waals surface area contributed by atoms with Crippen LogP contribution in [-0.2, 0) is 4.79 Å². The SMILES string of the molecule is C=C[C@](C)(O)C(=O)Nc1cc(Cl)cc(Cl)c1. The summed E-state index contributed by atoms with van der Waals surface area (Å²) in [6.07, 6.45) is 1.15. The van der Waals surface area contributed by atoms with Crippen LogP contribution in [0, 0.1) is 0 Å². The first-order chi connectivity index (χ1) is 7.35. The topological polar surface area (TPSA) is 49.3 Å². The van der Waals surface area contributed by atoms with Crippen LogP contribution in [0.15, 0.2) is 30.9 Å². The Morgan fingerprint density at radius 2 is 1.94 bits per heavy atom. The van der Waals surface area contributed by atoms with E-state index in [2.05, 4.69) is 11.9 Å². The number of hydrogen-bond donors (Lipinski definition) is 2. The first kappa shape index (κ1) is 13.0. The minimum atomic E-state index is -1.63. The number of nitrogens with one attached hydrogen (secondary N) is 1. The Balaban J connectivity index is 2.89. The Labute approximate surface area is 104 Å². The highest BCUT2D eigenvalue weighted by molar-refractivity contribution is 6.35. The fourth-order valence-electron chi connectivity index (χ4n) is 0.976. The predicted octanol–water partition coefficient (Wildman–Crippen LogP) is 2.87. The first-order valence-corrected chi connectivity index (χ1v) is 5.24. The minimum absolute atomic E-state index is 0.404. The smallest absolute Gasteiger partial charge is 0.260 e. The van der Waals surface area contributed by atoms with Crippen LogP contribution in [0.2, 0.25) is 10.0 Å². The van der Waals surface area contributed by atoms with E-state index in [4.69, 9.17) is 23.2 Å². The van der Waals surface area contributed by atoms with Crippen molar-refractivity contribution in [3.05, 3.63) is 40.9 Å². The second kappa shape index (κ2) is 4.87. The maximum absolute atomic E-state index is 11.6. The van der Waals surface area contributed by atoms with Crippen molar-refractivity contribution in [1.82, 2.24) is 0 Å². The number of amides is 1. The van der Waals surface area contributed by atoms with Crippen molar-refractivity contribution in [3.63, 3.8) is 0 Å². The molecule has 0 saturated heterocycles. The monoisotopic (exact) mass is 259 g/mol. The van der Waals surface area contributed by atoms with E-state index in [0.717, 1.165) is 6.08 Å². The highest BCUT2D eigenvalue weighted by Crippen LogP contribution is 2.23. The molecule has 0 aliphatic heterocycles. The molecule has 0 saturated carbocycles. The van der Waals surface area contributed by atoms with E-state index < -0.39 is 11.5 Å². The minimum Gasteiger partial charge on any atom is -0.376 e. The third-order valence-electron chi connectivity index (χ3n) is 1.98. The van der Waals surface area contributed by atoms with E-state index in [-0.39, 0.29) is 0 Å². The van der Waals surface area contributed by atoms with E-state index in [9.17, 15) is 9.90 Å². The molecule has 2 N–H and O–H groups in total. The van der Waals surface area contributed by atoms with Crippen molar-refractivity contribution in [1.29, 1.82) is 0 Å². The molecular weight excluding hydrogens is 249 g/mol. The molecule has 1 atom stereocenters. The lowest BCUT2D eigenvalue weighted by atomic mass is 10.1. The van der Waals surface area contributed by atoms with Gasteiger partial charge in [-0.15, -0.1) is 0 Å². The van der Waals surface area contributed by atoms with Crippen molar-refractivity contribution in [2.24, 2.45) is 0 Å². The highest BCUT2D eigenvalue weighted by atomic mass is 35.5. The van der Waals surface area contributed by atoms with E-state index in [1.165, 1.54) is 19.1 Å². The third kappa shape index (κ3) is 3.23. The predicted molar refractivity (Wildman–Crippen MR) is 65.9 cm³/mol. The maximum atomic E-state index is 11.6. The van der Waals surface area contributed by atoms with Gasteiger partial charge in [-0.25, -0.2) is 0 Å². The van der Waals surface area contributed by atoms with Crippen LogP contribution in [0.5, 0.6) is 0 Å². The van der Waals surface area contributed by atoms with E-state index >= 15 is 0 Å². The lowest BCUT2D eigenvalue weighted by Crippen LogP contribution is -2.37. The quantitative estimate of drug-likeness (QED) is 0.821. The van der Waals surface area contributed by atoms with Crippen LogP contribution in [0.3, 0.4) is 0 Å². The van der Waals surface area contributed by atoms with Crippen molar-refractivity contribution in [3.8, 4) is 0 Å². The number of carbonyl (C=O) groups is 1. The molecule has 1 amide bonds. The summed E-state index contributed by atoms with van der Waals surface area (Å²) < 4.78 is 0. The van der Waals surface area contributed by atoms with Crippen LogP contribution in [0.4, 0.5) is 5.69 Å². The fourth-order valence-corrected chi connectivity index (χ4v) is 1.50. The molecule has 86 valence electrons. The van der Waals surface area contributed by atoms with Gasteiger partial charge in [0.25, 0.3) is 5.91 Å². The second-order valence-corrected chi connectivity index (χ2v) is 4.34. The van der Waals surface area contributed by atoms with Crippen molar-refractivity contribution in [2.45, 2.75) is 12.5 Å². The van der Waals surface area contributed by atoms with Crippen LogP contribution in [-0.4, -0.2) is 16.6 Å². The van der Waals surface area contributed by atoms with Crippen molar-refractivity contribution >= 4 is 34.8 Å². The zero-order valence-corrected chi connectivity index (χ0v) is 10.1. The first-order valence-electron chi connectivity index (χ1n) is 4.48. The van der Waals surface area contributed by atoms with Crippen molar-refractivity contribution < 1.29 is 9.90 Å². The van der Waals surface area contributed by atoms with Crippen LogP contribution in [0.25, 0.3) is 0 Å². The third-order valence-corrected chi connectivity index (χ3v) is 2.41. The highest BCUT2D eigenvalue weighted by Gasteiger charge is 2.26. The molecule has 5 heteroatoms. The molecule has 1 rings (SSSR count). The zero-order chi connectivity index (χ0) is 12.3. The van der Waals surface area contributed by atoms with Gasteiger partial charge in [0.1, 0.15) is 0 Å². The summed E-state index contributed by atoms with van der Waals surface area (Å²) in [6.45, 7) is 4.70. The molecule has 0 unspecified atom stereocenters. The van der Waals surface area contributed by atoms with Gasteiger partial charge in [-0.2, -0.15) is 0 Å². The molecule has 0 heterocycles. The molecule has 0 aromatic heterocycles. The number of rotatable bonds is 3. The van der Waals surface area contributed by atoms with Crippen LogP contribution >= 0.6 is 23.2 Å². The fraction of sp³-hybridized carbons (Fsp3) is 0.182. The Morgan fingerprint density at radius 1 is 1.44 bits per heavy atom. The summed E-state index contributed by atoms with van der Waals surface area (Å²) >= 11 is 11.5. The number of benzene rings is 1. The summed E-state index contributed by atoms with van der Waals surface area (Å²) in [5.41, 5.74) is -1.21. The lowest BCUT2D eigenvalue weighted by Gasteiger charge is -2.17. The molecule has 0 aliphatic rings. The molecule has 16 heavy (non-hydrogen) atoms. The van der Waals surface area contributed by atoms with Gasteiger partial charge in [0.15, 0.2) is 5.60 Å². The van der Waals surface area contributed by atoms with Gasteiger partial charge in [-0.1, -0.05) is 35.9 Å². The van der Waals surface area contributed by atoms with Crippen LogP contribution in [0.1, 0.15) is 6.92 Å². The van der Waals surface area contributed by atoms with Gasteiger partial charge in [0, 0.05) is 15.7 Å². The Morgan fingerprint density at radius 3 is 2.38 bits per heavy atom. The maximum Gasteiger partial charge on any atom is 0.260 e. The molecule has 0 aliphatic carbocycles. The average Bonchev–Trinajstić information content (AvgIpc) is 2.15. The van der Waals surface area contributed by atoms with Gasteiger partial charge in [0.05, 0.1) is 0 Å². The molecular formula is C11H11Cl2NO2.